The van der Waals surface area contributed by atoms with E-state index >= 15 is 0 Å². The highest BCUT2D eigenvalue weighted by Crippen LogP contribution is 2.27. The van der Waals surface area contributed by atoms with Gasteiger partial charge in [-0.1, -0.05) is 12.1 Å². The maximum atomic E-state index is 5.35. The van der Waals surface area contributed by atoms with E-state index in [0.29, 0.717) is 12.1 Å². The molecule has 7 heteroatoms. The van der Waals surface area contributed by atoms with Gasteiger partial charge in [0.25, 0.3) is 0 Å². The van der Waals surface area contributed by atoms with E-state index in [1.807, 2.05) is 0 Å². The monoisotopic (exact) mass is 431 g/mol. The molecule has 0 bridgehead atoms. The van der Waals surface area contributed by atoms with E-state index in [2.05, 4.69) is 51.6 Å². The second-order valence-corrected chi connectivity index (χ2v) is 8.46. The summed E-state index contributed by atoms with van der Waals surface area (Å²) < 4.78 is 10.6. The number of aliphatic imine (C=N–C) groups is 1. The van der Waals surface area contributed by atoms with Crippen molar-refractivity contribution in [3.05, 3.63) is 29.8 Å². The van der Waals surface area contributed by atoms with E-state index in [-0.39, 0.29) is 0 Å². The Hall–Kier alpha value is -1.83. The van der Waals surface area contributed by atoms with Crippen LogP contribution in [0, 0.1) is 0 Å². The molecule has 2 unspecified atom stereocenters. The summed E-state index contributed by atoms with van der Waals surface area (Å²) >= 11 is 0. The van der Waals surface area contributed by atoms with E-state index in [9.17, 15) is 0 Å². The molecule has 0 amide bonds. The van der Waals surface area contributed by atoms with Gasteiger partial charge in [-0.3, -0.25) is 14.8 Å². The van der Waals surface area contributed by atoms with E-state index in [1.165, 1.54) is 31.2 Å². The van der Waals surface area contributed by atoms with Gasteiger partial charge in [-0.05, 0) is 69.9 Å². The minimum atomic E-state index is 0.300. The predicted octanol–water partition coefficient (Wildman–Crippen LogP) is 2.50. The molecule has 2 saturated heterocycles. The Kier molecular flexibility index (Phi) is 9.90. The maximum Gasteiger partial charge on any atom is 0.191 e. The number of nitrogens with one attached hydrogen (secondary N) is 2. The first kappa shape index (κ1) is 23.8. The smallest absolute Gasteiger partial charge is 0.191 e. The molecule has 0 aliphatic carbocycles. The Balaban J connectivity index is 1.63. The molecule has 2 N–H and O–H groups in total. The van der Waals surface area contributed by atoms with Gasteiger partial charge in [0.1, 0.15) is 5.75 Å². The van der Waals surface area contributed by atoms with Crippen molar-refractivity contribution in [1.82, 2.24) is 20.4 Å². The molecule has 0 radical (unpaired) electrons. The molecule has 7 nitrogen and oxygen atoms in total. The first-order chi connectivity index (χ1) is 15.2. The summed E-state index contributed by atoms with van der Waals surface area (Å²) in [5.41, 5.74) is 1.31. The van der Waals surface area contributed by atoms with Crippen molar-refractivity contribution in [3.63, 3.8) is 0 Å². The van der Waals surface area contributed by atoms with Gasteiger partial charge in [-0.2, -0.15) is 0 Å². The van der Waals surface area contributed by atoms with Crippen LogP contribution < -0.4 is 15.4 Å². The standard InChI is InChI=1S/C24H41N5O2/c1-4-25-24(26-18-21-8-7-15-28(21)16-17-30-2)27-19-23(29-13-5-6-14-29)20-9-11-22(31-3)12-10-20/h9-12,21,23H,4-8,13-19H2,1-3H3,(H2,25,26,27). The van der Waals surface area contributed by atoms with Crippen molar-refractivity contribution >= 4 is 5.96 Å². The van der Waals surface area contributed by atoms with E-state index in [0.717, 1.165) is 64.1 Å². The summed E-state index contributed by atoms with van der Waals surface area (Å²) in [4.78, 5) is 10.1. The lowest BCUT2D eigenvalue weighted by molar-refractivity contribution is 0.141. The van der Waals surface area contributed by atoms with Gasteiger partial charge in [-0.25, -0.2) is 0 Å². The van der Waals surface area contributed by atoms with Crippen LogP contribution >= 0.6 is 0 Å². The van der Waals surface area contributed by atoms with Crippen molar-refractivity contribution in [2.45, 2.75) is 44.7 Å². The summed E-state index contributed by atoms with van der Waals surface area (Å²) in [5, 5.41) is 7.04. The molecule has 0 aromatic heterocycles. The molecule has 0 spiro atoms. The van der Waals surface area contributed by atoms with Crippen LogP contribution in [0.4, 0.5) is 0 Å². The minimum Gasteiger partial charge on any atom is -0.497 e. The lowest BCUT2D eigenvalue weighted by atomic mass is 10.1. The van der Waals surface area contributed by atoms with Gasteiger partial charge in [0.05, 0.1) is 26.3 Å². The topological polar surface area (TPSA) is 61.4 Å². The zero-order valence-corrected chi connectivity index (χ0v) is 19.6. The first-order valence-electron chi connectivity index (χ1n) is 11.9. The normalized spacial score (nSPS) is 21.4. The fraction of sp³-hybridized carbons (Fsp3) is 0.708. The molecule has 1 aromatic carbocycles. The van der Waals surface area contributed by atoms with Crippen LogP contribution in [-0.4, -0.2) is 88.4 Å². The summed E-state index contributed by atoms with van der Waals surface area (Å²) in [6.45, 7) is 9.92. The Bertz CT molecular complexity index is 660. The van der Waals surface area contributed by atoms with Crippen LogP contribution in [0.3, 0.4) is 0 Å². The molecule has 31 heavy (non-hydrogen) atoms. The molecule has 2 fully saturated rings. The lowest BCUT2D eigenvalue weighted by Crippen LogP contribution is -2.45. The Morgan fingerprint density at radius 3 is 2.55 bits per heavy atom. The molecule has 174 valence electrons. The Morgan fingerprint density at radius 2 is 1.87 bits per heavy atom. The van der Waals surface area contributed by atoms with E-state index in [1.54, 1.807) is 14.2 Å². The molecule has 3 rings (SSSR count). The van der Waals surface area contributed by atoms with Crippen LogP contribution in [0.1, 0.15) is 44.2 Å². The number of methoxy groups -OCH3 is 2. The molecule has 1 aromatic rings. The molecule has 2 aliphatic heterocycles. The summed E-state index contributed by atoms with van der Waals surface area (Å²) in [7, 11) is 3.49. The van der Waals surface area contributed by atoms with Crippen LogP contribution in [0.25, 0.3) is 0 Å². The van der Waals surface area contributed by atoms with Crippen molar-refractivity contribution in [2.75, 3.05) is 66.6 Å². The molecular weight excluding hydrogens is 390 g/mol. The van der Waals surface area contributed by atoms with Gasteiger partial charge in [0.2, 0.25) is 0 Å². The molecule has 2 atom stereocenters. The fourth-order valence-electron chi connectivity index (χ4n) is 4.67. The number of nitrogens with zero attached hydrogens (tertiary/aromatic N) is 3. The van der Waals surface area contributed by atoms with Gasteiger partial charge in [0, 0.05) is 32.8 Å². The Morgan fingerprint density at radius 1 is 1.10 bits per heavy atom. The number of benzene rings is 1. The third-order valence-electron chi connectivity index (χ3n) is 6.44. The number of ether oxygens (including phenoxy) is 2. The number of hydrogen-bond donors (Lipinski definition) is 2. The van der Waals surface area contributed by atoms with E-state index in [4.69, 9.17) is 14.5 Å². The highest BCUT2D eigenvalue weighted by atomic mass is 16.5. The van der Waals surface area contributed by atoms with Crippen molar-refractivity contribution < 1.29 is 9.47 Å². The van der Waals surface area contributed by atoms with E-state index < -0.39 is 0 Å². The number of guanidine groups is 1. The lowest BCUT2D eigenvalue weighted by Gasteiger charge is -2.28. The van der Waals surface area contributed by atoms with Gasteiger partial charge in [-0.15, -0.1) is 0 Å². The van der Waals surface area contributed by atoms with Crippen LogP contribution in [0.5, 0.6) is 5.75 Å². The third kappa shape index (κ3) is 7.09. The zero-order valence-electron chi connectivity index (χ0n) is 19.6. The van der Waals surface area contributed by atoms with Gasteiger partial charge in [0.15, 0.2) is 5.96 Å². The summed E-state index contributed by atoms with van der Waals surface area (Å²) in [5.74, 6) is 1.82. The molecule has 0 saturated carbocycles. The molecule has 2 heterocycles. The van der Waals surface area contributed by atoms with Crippen molar-refractivity contribution in [1.29, 1.82) is 0 Å². The van der Waals surface area contributed by atoms with Crippen LogP contribution in [-0.2, 0) is 4.74 Å². The van der Waals surface area contributed by atoms with Crippen LogP contribution in [0.15, 0.2) is 29.3 Å². The fourth-order valence-corrected chi connectivity index (χ4v) is 4.67. The maximum absolute atomic E-state index is 5.35. The zero-order chi connectivity index (χ0) is 21.9. The number of hydrogen-bond acceptors (Lipinski definition) is 5. The number of likely N-dealkylation sites (tertiary alicyclic amines) is 2. The first-order valence-corrected chi connectivity index (χ1v) is 11.9. The van der Waals surface area contributed by atoms with Gasteiger partial charge >= 0.3 is 0 Å². The average molecular weight is 432 g/mol. The molecule has 2 aliphatic rings. The predicted molar refractivity (Wildman–Crippen MR) is 127 cm³/mol. The molecular formula is C24H41N5O2. The van der Waals surface area contributed by atoms with Gasteiger partial charge < -0.3 is 20.1 Å². The summed E-state index contributed by atoms with van der Waals surface area (Å²) in [6.07, 6.45) is 5.04. The SMILES string of the molecule is CCNC(=NCC(c1ccc(OC)cc1)N1CCCC1)NCC1CCCN1CCOC. The quantitative estimate of drug-likeness (QED) is 0.415. The highest BCUT2D eigenvalue weighted by molar-refractivity contribution is 5.79. The second-order valence-electron chi connectivity index (χ2n) is 8.46. The van der Waals surface area contributed by atoms with Crippen LogP contribution in [0.2, 0.25) is 0 Å². The largest absolute Gasteiger partial charge is 0.497 e. The Labute approximate surface area is 188 Å². The van der Waals surface area contributed by atoms with Crippen molar-refractivity contribution in [2.24, 2.45) is 4.99 Å². The summed E-state index contributed by atoms with van der Waals surface area (Å²) in [6, 6.07) is 9.33. The minimum absolute atomic E-state index is 0.300. The average Bonchev–Trinajstić information content (AvgIpc) is 3.49. The highest BCUT2D eigenvalue weighted by Gasteiger charge is 2.25. The van der Waals surface area contributed by atoms with Crippen molar-refractivity contribution in [3.8, 4) is 5.75 Å². The second kappa shape index (κ2) is 12.9. The third-order valence-corrected chi connectivity index (χ3v) is 6.44. The number of rotatable bonds is 11.